The van der Waals surface area contributed by atoms with Gasteiger partial charge in [-0.25, -0.2) is 0 Å². The molecule has 1 N–H and O–H groups in total. The summed E-state index contributed by atoms with van der Waals surface area (Å²) in [5.41, 5.74) is 0. The minimum absolute atomic E-state index is 0.232. The van der Waals surface area contributed by atoms with E-state index < -0.39 is 5.97 Å². The molecule has 0 aromatic carbocycles. The minimum atomic E-state index is -0.740. The van der Waals surface area contributed by atoms with Gasteiger partial charge in [-0.2, -0.15) is 0 Å². The maximum atomic E-state index is 10.1. The predicted octanol–water partition coefficient (Wildman–Crippen LogP) is 1.68. The van der Waals surface area contributed by atoms with Gasteiger partial charge in [0.25, 0.3) is 0 Å². The first kappa shape index (κ1) is 13.4. The molecule has 0 aromatic heterocycles. The van der Waals surface area contributed by atoms with E-state index in [4.69, 9.17) is 14.6 Å². The first-order valence-electron chi connectivity index (χ1n) is 5.14. The smallest absolute Gasteiger partial charge is 0.303 e. The maximum Gasteiger partial charge on any atom is 0.303 e. The summed E-state index contributed by atoms with van der Waals surface area (Å²) < 4.78 is 10.5. The van der Waals surface area contributed by atoms with Crippen LogP contribution in [0.3, 0.4) is 0 Å². The highest BCUT2D eigenvalue weighted by molar-refractivity contribution is 5.66. The van der Waals surface area contributed by atoms with Crippen molar-refractivity contribution in [2.24, 2.45) is 0 Å². The van der Waals surface area contributed by atoms with Crippen molar-refractivity contribution in [3.05, 3.63) is 0 Å². The van der Waals surface area contributed by atoms with E-state index in [1.54, 1.807) is 0 Å². The topological polar surface area (TPSA) is 55.8 Å². The molecule has 0 rings (SSSR count). The Kier molecular flexibility index (Phi) is 10.0. The Morgan fingerprint density at radius 2 is 1.71 bits per heavy atom. The molecule has 14 heavy (non-hydrogen) atoms. The summed E-state index contributed by atoms with van der Waals surface area (Å²) in [6.45, 7) is 4.71. The molecule has 0 atom stereocenters. The van der Waals surface area contributed by atoms with Gasteiger partial charge in [0.05, 0.1) is 13.2 Å². The molecule has 0 unspecified atom stereocenters. The molecule has 0 amide bonds. The second kappa shape index (κ2) is 10.5. The fraction of sp³-hybridized carbons (Fsp3) is 0.900. The second-order valence-corrected chi connectivity index (χ2v) is 3.08. The molecule has 4 nitrogen and oxygen atoms in total. The van der Waals surface area contributed by atoms with Crippen LogP contribution in [-0.2, 0) is 14.3 Å². The zero-order valence-corrected chi connectivity index (χ0v) is 8.83. The minimum Gasteiger partial charge on any atom is -0.481 e. The van der Waals surface area contributed by atoms with E-state index in [2.05, 4.69) is 6.92 Å². The Hall–Kier alpha value is -0.610. The SMILES string of the molecule is CCCOCCOCCCCC(=O)O. The van der Waals surface area contributed by atoms with Crippen molar-refractivity contribution in [2.45, 2.75) is 32.6 Å². The van der Waals surface area contributed by atoms with Crippen molar-refractivity contribution in [3.8, 4) is 0 Å². The number of ether oxygens (including phenoxy) is 2. The summed E-state index contributed by atoms with van der Waals surface area (Å²) in [5, 5.41) is 8.35. The first-order valence-corrected chi connectivity index (χ1v) is 5.14. The van der Waals surface area contributed by atoms with Gasteiger partial charge in [0.15, 0.2) is 0 Å². The van der Waals surface area contributed by atoms with E-state index in [1.807, 2.05) is 0 Å². The first-order chi connectivity index (χ1) is 6.77. The highest BCUT2D eigenvalue weighted by atomic mass is 16.5. The summed E-state index contributed by atoms with van der Waals surface area (Å²) in [4.78, 5) is 10.1. The molecule has 0 aliphatic rings. The van der Waals surface area contributed by atoms with Gasteiger partial charge in [0.2, 0.25) is 0 Å². The van der Waals surface area contributed by atoms with Crippen molar-refractivity contribution in [1.82, 2.24) is 0 Å². The molecule has 0 aromatic rings. The molecule has 0 bridgehead atoms. The molecule has 0 heterocycles. The van der Waals surface area contributed by atoms with Crippen LogP contribution in [0.25, 0.3) is 0 Å². The average Bonchev–Trinajstić information content (AvgIpc) is 2.15. The number of carboxylic acid groups (broad SMARTS) is 1. The van der Waals surface area contributed by atoms with Crippen molar-refractivity contribution >= 4 is 5.97 Å². The van der Waals surface area contributed by atoms with Crippen molar-refractivity contribution in [3.63, 3.8) is 0 Å². The van der Waals surface area contributed by atoms with Crippen LogP contribution in [0.4, 0.5) is 0 Å². The highest BCUT2D eigenvalue weighted by Crippen LogP contribution is 1.95. The molecular formula is C10H20O4. The lowest BCUT2D eigenvalue weighted by Crippen LogP contribution is -2.06. The van der Waals surface area contributed by atoms with E-state index in [1.165, 1.54) is 0 Å². The van der Waals surface area contributed by atoms with Gasteiger partial charge in [-0.05, 0) is 19.3 Å². The van der Waals surface area contributed by atoms with Crippen molar-refractivity contribution < 1.29 is 19.4 Å². The third-order valence-corrected chi connectivity index (χ3v) is 1.65. The lowest BCUT2D eigenvalue weighted by molar-refractivity contribution is -0.137. The number of hydrogen-bond donors (Lipinski definition) is 1. The Labute approximate surface area is 85.2 Å². The molecular weight excluding hydrogens is 184 g/mol. The van der Waals surface area contributed by atoms with E-state index >= 15 is 0 Å². The number of aliphatic carboxylic acids is 1. The second-order valence-electron chi connectivity index (χ2n) is 3.08. The van der Waals surface area contributed by atoms with Gasteiger partial charge in [-0.15, -0.1) is 0 Å². The molecule has 0 aliphatic heterocycles. The number of carboxylic acids is 1. The fourth-order valence-corrected chi connectivity index (χ4v) is 0.947. The Bertz CT molecular complexity index is 136. The monoisotopic (exact) mass is 204 g/mol. The summed E-state index contributed by atoms with van der Waals surface area (Å²) in [7, 11) is 0. The molecule has 0 aliphatic carbocycles. The standard InChI is InChI=1S/C10H20O4/c1-2-6-13-8-9-14-7-4-3-5-10(11)12/h2-9H2,1H3,(H,11,12). The molecule has 0 saturated heterocycles. The van der Waals surface area contributed by atoms with Crippen LogP contribution in [0.2, 0.25) is 0 Å². The zero-order valence-electron chi connectivity index (χ0n) is 8.83. The summed E-state index contributed by atoms with van der Waals surface area (Å²) >= 11 is 0. The average molecular weight is 204 g/mol. The lowest BCUT2D eigenvalue weighted by Gasteiger charge is -2.04. The van der Waals surface area contributed by atoms with Crippen LogP contribution in [0.15, 0.2) is 0 Å². The summed E-state index contributed by atoms with van der Waals surface area (Å²) in [6.07, 6.45) is 2.75. The highest BCUT2D eigenvalue weighted by Gasteiger charge is 1.96. The summed E-state index contributed by atoms with van der Waals surface area (Å²) in [6, 6.07) is 0. The van der Waals surface area contributed by atoms with Gasteiger partial charge in [0, 0.05) is 19.6 Å². The van der Waals surface area contributed by atoms with Crippen LogP contribution in [0.1, 0.15) is 32.6 Å². The molecule has 0 radical (unpaired) electrons. The Morgan fingerprint density at radius 3 is 2.29 bits per heavy atom. The molecule has 4 heteroatoms. The molecule has 84 valence electrons. The van der Waals surface area contributed by atoms with Crippen LogP contribution in [-0.4, -0.2) is 37.5 Å². The Balaban J connectivity index is 2.88. The normalized spacial score (nSPS) is 10.4. The van der Waals surface area contributed by atoms with Crippen LogP contribution < -0.4 is 0 Å². The fourth-order valence-electron chi connectivity index (χ4n) is 0.947. The maximum absolute atomic E-state index is 10.1. The predicted molar refractivity (Wildman–Crippen MR) is 53.4 cm³/mol. The zero-order chi connectivity index (χ0) is 10.6. The third-order valence-electron chi connectivity index (χ3n) is 1.65. The van der Waals surface area contributed by atoms with Crippen molar-refractivity contribution in [1.29, 1.82) is 0 Å². The van der Waals surface area contributed by atoms with E-state index in [-0.39, 0.29) is 6.42 Å². The molecule has 0 saturated carbocycles. The number of rotatable bonds is 10. The van der Waals surface area contributed by atoms with Gasteiger partial charge >= 0.3 is 5.97 Å². The van der Waals surface area contributed by atoms with E-state index in [0.717, 1.165) is 19.4 Å². The molecule has 0 fully saturated rings. The van der Waals surface area contributed by atoms with Crippen LogP contribution in [0, 0.1) is 0 Å². The van der Waals surface area contributed by atoms with Gasteiger partial charge < -0.3 is 14.6 Å². The third kappa shape index (κ3) is 11.4. The van der Waals surface area contributed by atoms with E-state index in [9.17, 15) is 4.79 Å². The van der Waals surface area contributed by atoms with Gasteiger partial charge in [-0.3, -0.25) is 4.79 Å². The lowest BCUT2D eigenvalue weighted by atomic mass is 10.2. The van der Waals surface area contributed by atoms with Crippen LogP contribution >= 0.6 is 0 Å². The van der Waals surface area contributed by atoms with Gasteiger partial charge in [0.1, 0.15) is 0 Å². The quantitative estimate of drug-likeness (QED) is 0.550. The Morgan fingerprint density at radius 1 is 1.07 bits per heavy atom. The molecule has 0 spiro atoms. The largest absolute Gasteiger partial charge is 0.481 e. The van der Waals surface area contributed by atoms with E-state index in [0.29, 0.717) is 26.2 Å². The number of carbonyl (C=O) groups is 1. The summed E-state index contributed by atoms with van der Waals surface area (Å²) in [5.74, 6) is -0.740. The number of hydrogen-bond acceptors (Lipinski definition) is 3. The van der Waals surface area contributed by atoms with Crippen LogP contribution in [0.5, 0.6) is 0 Å². The number of unbranched alkanes of at least 4 members (excludes halogenated alkanes) is 1. The van der Waals surface area contributed by atoms with Gasteiger partial charge in [-0.1, -0.05) is 6.92 Å². The van der Waals surface area contributed by atoms with Crippen molar-refractivity contribution in [2.75, 3.05) is 26.4 Å².